The number of nitrogens with zero attached hydrogens (tertiary/aromatic N) is 3. The molecule has 7 heteroatoms. The van der Waals surface area contributed by atoms with Crippen LogP contribution in [0.3, 0.4) is 0 Å². The first-order chi connectivity index (χ1) is 9.63. The van der Waals surface area contributed by atoms with Crippen molar-refractivity contribution in [1.82, 2.24) is 5.32 Å². The van der Waals surface area contributed by atoms with E-state index in [1.165, 1.54) is 0 Å². The lowest BCUT2D eigenvalue weighted by Gasteiger charge is -2.14. The van der Waals surface area contributed by atoms with Gasteiger partial charge in [0.25, 0.3) is 0 Å². The minimum Gasteiger partial charge on any atom is -0.480 e. The van der Waals surface area contributed by atoms with Crippen LogP contribution in [0.5, 0.6) is 0 Å². The van der Waals surface area contributed by atoms with E-state index in [0.29, 0.717) is 6.42 Å². The Morgan fingerprint density at radius 3 is 2.65 bits per heavy atom. The number of carbonyl (C=O) groups is 2. The molecule has 0 aliphatic heterocycles. The van der Waals surface area contributed by atoms with E-state index in [9.17, 15) is 9.59 Å². The van der Waals surface area contributed by atoms with E-state index < -0.39 is 12.0 Å². The first-order valence-corrected chi connectivity index (χ1v) is 6.20. The van der Waals surface area contributed by atoms with E-state index in [4.69, 9.17) is 10.6 Å². The topological polar surface area (TPSA) is 115 Å². The monoisotopic (exact) mass is 276 g/mol. The molecule has 0 fully saturated rings. The summed E-state index contributed by atoms with van der Waals surface area (Å²) in [4.78, 5) is 25.3. The van der Waals surface area contributed by atoms with Crippen LogP contribution in [0.1, 0.15) is 18.4 Å². The maximum Gasteiger partial charge on any atom is 0.326 e. The van der Waals surface area contributed by atoms with Gasteiger partial charge in [-0.25, -0.2) is 4.79 Å². The van der Waals surface area contributed by atoms with Crippen LogP contribution in [-0.2, 0) is 16.0 Å². The number of hydrogen-bond acceptors (Lipinski definition) is 3. The Hall–Kier alpha value is -2.53. The van der Waals surface area contributed by atoms with Gasteiger partial charge >= 0.3 is 5.97 Å². The molecule has 1 aromatic carbocycles. The second kappa shape index (κ2) is 8.55. The van der Waals surface area contributed by atoms with Gasteiger partial charge in [-0.3, -0.25) is 4.79 Å². The number of nitrogens with one attached hydrogen (secondary N) is 1. The van der Waals surface area contributed by atoms with Crippen molar-refractivity contribution in [2.75, 3.05) is 6.54 Å². The van der Waals surface area contributed by atoms with Gasteiger partial charge in [0.05, 0.1) is 0 Å². The summed E-state index contributed by atoms with van der Waals surface area (Å²) in [6.45, 7) is 0.223. The molecule has 1 rings (SSSR count). The quantitative estimate of drug-likeness (QED) is 0.327. The number of benzene rings is 1. The van der Waals surface area contributed by atoms with E-state index in [1.54, 1.807) is 0 Å². The van der Waals surface area contributed by atoms with Crippen molar-refractivity contribution in [1.29, 1.82) is 0 Å². The highest BCUT2D eigenvalue weighted by atomic mass is 16.4. The minimum atomic E-state index is -1.07. The summed E-state index contributed by atoms with van der Waals surface area (Å²) in [6, 6.07) is 8.14. The molecular weight excluding hydrogens is 260 g/mol. The fourth-order valence-electron chi connectivity index (χ4n) is 1.67. The van der Waals surface area contributed by atoms with Crippen LogP contribution in [0.2, 0.25) is 0 Å². The average Bonchev–Trinajstić information content (AvgIpc) is 2.44. The van der Waals surface area contributed by atoms with Gasteiger partial charge in [-0.1, -0.05) is 35.4 Å². The molecule has 2 N–H and O–H groups in total. The molecule has 0 radical (unpaired) electrons. The third kappa shape index (κ3) is 5.88. The van der Waals surface area contributed by atoms with Crippen molar-refractivity contribution in [3.8, 4) is 0 Å². The van der Waals surface area contributed by atoms with Gasteiger partial charge in [-0.2, -0.15) is 0 Å². The molecule has 0 saturated heterocycles. The van der Waals surface area contributed by atoms with Crippen molar-refractivity contribution in [2.24, 2.45) is 5.11 Å². The zero-order valence-corrected chi connectivity index (χ0v) is 10.9. The maximum absolute atomic E-state index is 11.6. The summed E-state index contributed by atoms with van der Waals surface area (Å²) in [6.07, 6.45) is 0.767. The van der Waals surface area contributed by atoms with Crippen LogP contribution in [0.15, 0.2) is 35.4 Å². The molecule has 0 aromatic heterocycles. The Morgan fingerprint density at radius 2 is 2.05 bits per heavy atom. The van der Waals surface area contributed by atoms with Crippen LogP contribution in [0.4, 0.5) is 0 Å². The molecule has 0 saturated carbocycles. The van der Waals surface area contributed by atoms with E-state index in [1.807, 2.05) is 30.3 Å². The van der Waals surface area contributed by atoms with Crippen LogP contribution >= 0.6 is 0 Å². The van der Waals surface area contributed by atoms with Gasteiger partial charge in [0.15, 0.2) is 0 Å². The lowest BCUT2D eigenvalue weighted by molar-refractivity contribution is -0.141. The highest BCUT2D eigenvalue weighted by Crippen LogP contribution is 2.04. The predicted octanol–water partition coefficient (Wildman–Crippen LogP) is 1.89. The number of azide groups is 1. The molecule has 0 aliphatic carbocycles. The molecule has 0 unspecified atom stereocenters. The van der Waals surface area contributed by atoms with Crippen LogP contribution in [0.25, 0.3) is 10.4 Å². The number of rotatable bonds is 8. The van der Waals surface area contributed by atoms with Crippen molar-refractivity contribution in [3.63, 3.8) is 0 Å². The van der Waals surface area contributed by atoms with Crippen molar-refractivity contribution >= 4 is 11.9 Å². The zero-order valence-electron chi connectivity index (χ0n) is 10.9. The van der Waals surface area contributed by atoms with Gasteiger partial charge in [0, 0.05) is 24.3 Å². The Labute approximate surface area is 116 Å². The van der Waals surface area contributed by atoms with Gasteiger partial charge in [0.1, 0.15) is 6.04 Å². The molecule has 106 valence electrons. The lowest BCUT2D eigenvalue weighted by atomic mass is 10.1. The van der Waals surface area contributed by atoms with Crippen molar-refractivity contribution in [2.45, 2.75) is 25.3 Å². The predicted molar refractivity (Wildman–Crippen MR) is 73.0 cm³/mol. The second-order valence-corrected chi connectivity index (χ2v) is 4.21. The molecule has 0 aliphatic rings. The second-order valence-electron chi connectivity index (χ2n) is 4.21. The van der Waals surface area contributed by atoms with Crippen molar-refractivity contribution < 1.29 is 14.7 Å². The molecule has 0 spiro atoms. The van der Waals surface area contributed by atoms with E-state index in [-0.39, 0.29) is 25.3 Å². The SMILES string of the molecule is [N-]=[N+]=NCCCC(=O)N[C@@H](Cc1ccccc1)C(=O)O. The third-order valence-electron chi connectivity index (χ3n) is 2.64. The molecule has 1 amide bonds. The van der Waals surface area contributed by atoms with E-state index in [0.717, 1.165) is 5.56 Å². The van der Waals surface area contributed by atoms with E-state index in [2.05, 4.69) is 15.3 Å². The van der Waals surface area contributed by atoms with Crippen LogP contribution in [0, 0.1) is 0 Å². The average molecular weight is 276 g/mol. The molecule has 20 heavy (non-hydrogen) atoms. The fourth-order valence-corrected chi connectivity index (χ4v) is 1.67. The number of hydrogen-bond donors (Lipinski definition) is 2. The first kappa shape index (κ1) is 15.5. The Bertz CT molecular complexity index is 498. The highest BCUT2D eigenvalue weighted by Gasteiger charge is 2.19. The third-order valence-corrected chi connectivity index (χ3v) is 2.64. The summed E-state index contributed by atoms with van der Waals surface area (Å²) in [5.41, 5.74) is 8.94. The summed E-state index contributed by atoms with van der Waals surface area (Å²) in [7, 11) is 0. The summed E-state index contributed by atoms with van der Waals surface area (Å²) in [5.74, 6) is -1.43. The number of carboxylic acid groups (broad SMARTS) is 1. The number of carboxylic acids is 1. The van der Waals surface area contributed by atoms with Gasteiger partial charge in [0.2, 0.25) is 5.91 Å². The molecule has 1 aromatic rings. The standard InChI is InChI=1S/C13H16N4O3/c14-17-15-8-4-7-12(18)16-11(13(19)20)9-10-5-2-1-3-6-10/h1-3,5-6,11H,4,7-9H2,(H,16,18)(H,19,20)/t11-/m0/s1. The number of amides is 1. The number of carbonyl (C=O) groups excluding carboxylic acids is 1. The zero-order chi connectivity index (χ0) is 14.8. The van der Waals surface area contributed by atoms with Crippen LogP contribution in [-0.4, -0.2) is 29.6 Å². The van der Waals surface area contributed by atoms with E-state index >= 15 is 0 Å². The van der Waals surface area contributed by atoms with Gasteiger partial charge < -0.3 is 10.4 Å². The molecule has 0 bridgehead atoms. The summed E-state index contributed by atoms with van der Waals surface area (Å²) >= 11 is 0. The molecule has 7 nitrogen and oxygen atoms in total. The lowest BCUT2D eigenvalue weighted by Crippen LogP contribution is -2.42. The Balaban J connectivity index is 2.48. The van der Waals surface area contributed by atoms with Gasteiger partial charge in [-0.15, -0.1) is 0 Å². The van der Waals surface area contributed by atoms with Gasteiger partial charge in [-0.05, 0) is 17.5 Å². The normalized spacial score (nSPS) is 11.2. The molecular formula is C13H16N4O3. The first-order valence-electron chi connectivity index (χ1n) is 6.20. The fraction of sp³-hybridized carbons (Fsp3) is 0.385. The molecule has 0 heterocycles. The Kier molecular flexibility index (Phi) is 6.64. The van der Waals surface area contributed by atoms with Crippen LogP contribution < -0.4 is 5.32 Å². The largest absolute Gasteiger partial charge is 0.480 e. The highest BCUT2D eigenvalue weighted by molar-refractivity contribution is 5.83. The summed E-state index contributed by atoms with van der Waals surface area (Å²) in [5, 5.41) is 14.9. The smallest absolute Gasteiger partial charge is 0.326 e. The number of aliphatic carboxylic acids is 1. The molecule has 1 atom stereocenters. The summed E-state index contributed by atoms with van der Waals surface area (Å²) < 4.78 is 0. The van der Waals surface area contributed by atoms with Crippen molar-refractivity contribution in [3.05, 3.63) is 46.3 Å². The maximum atomic E-state index is 11.6. The Morgan fingerprint density at radius 1 is 1.35 bits per heavy atom. The minimum absolute atomic E-state index is 0.136.